The number of aliphatic hydroxyl groups is 1. The molecule has 1 saturated heterocycles. The van der Waals surface area contributed by atoms with E-state index in [4.69, 9.17) is 14.7 Å². The molecule has 5 N–H and O–H groups in total. The first-order chi connectivity index (χ1) is 21.9. The number of anilines is 1. The second-order valence-electron chi connectivity index (χ2n) is 10.5. The largest absolute Gasteiger partial charge is 0.508 e. The van der Waals surface area contributed by atoms with Crippen molar-refractivity contribution in [3.63, 3.8) is 0 Å². The number of ether oxygens (including phenoxy) is 2. The fourth-order valence-corrected chi connectivity index (χ4v) is 5.70. The third kappa shape index (κ3) is 8.86. The zero-order chi connectivity index (χ0) is 31.6. The van der Waals surface area contributed by atoms with Crippen LogP contribution in [0.1, 0.15) is 61.2 Å². The van der Waals surface area contributed by atoms with Gasteiger partial charge in [-0.25, -0.2) is 5.48 Å². The van der Waals surface area contributed by atoms with E-state index in [0.29, 0.717) is 41.5 Å². The first-order valence-electron chi connectivity index (χ1n) is 14.5. The standard InChI is InChI=1S/C31H34N6O7S/c38-18-20-5-7-21(8-6-20)27-17-26(19-45-31-33-35-36-37(31)24-13-15-25(39)16-14-24)43-30(44-27)22-9-11-23(12-10-22)32-28(40)3-1-2-4-29(41)34-42/h5-16,26-27,30,38-39,42H,1-4,17-19H2,(H,32,40)(H,34,41). The molecule has 1 aromatic heterocycles. The molecule has 3 atom stereocenters. The van der Waals surface area contributed by atoms with E-state index in [9.17, 15) is 19.8 Å². The van der Waals surface area contributed by atoms with Gasteiger partial charge in [0.25, 0.3) is 0 Å². The molecule has 3 unspecified atom stereocenters. The van der Waals surface area contributed by atoms with Gasteiger partial charge >= 0.3 is 0 Å². The lowest BCUT2D eigenvalue weighted by atomic mass is 10.0. The minimum atomic E-state index is -0.678. The molecular weight excluding hydrogens is 600 g/mol. The molecule has 45 heavy (non-hydrogen) atoms. The van der Waals surface area contributed by atoms with E-state index in [-0.39, 0.29) is 43.3 Å². The number of aromatic hydroxyl groups is 1. The van der Waals surface area contributed by atoms with Crippen molar-refractivity contribution < 1.29 is 34.5 Å². The third-order valence-corrected chi connectivity index (χ3v) is 8.25. The number of hydrogen-bond donors (Lipinski definition) is 5. The molecule has 0 spiro atoms. The average molecular weight is 635 g/mol. The van der Waals surface area contributed by atoms with Crippen molar-refractivity contribution in [1.29, 1.82) is 0 Å². The first-order valence-corrected chi connectivity index (χ1v) is 15.4. The monoisotopic (exact) mass is 634 g/mol. The number of nitrogens with one attached hydrogen (secondary N) is 2. The summed E-state index contributed by atoms with van der Waals surface area (Å²) in [5.74, 6) is 0.0452. The quantitative estimate of drug-likeness (QED) is 0.0615. The van der Waals surface area contributed by atoms with Crippen molar-refractivity contribution in [3.8, 4) is 11.4 Å². The number of nitrogens with zero attached hydrogens (tertiary/aromatic N) is 4. The Hall–Kier alpha value is -4.34. The highest BCUT2D eigenvalue weighted by Gasteiger charge is 2.32. The van der Waals surface area contributed by atoms with Crippen molar-refractivity contribution >= 4 is 29.3 Å². The second-order valence-corrected chi connectivity index (χ2v) is 11.5. The Balaban J connectivity index is 1.25. The van der Waals surface area contributed by atoms with Gasteiger partial charge in [0.1, 0.15) is 5.75 Å². The third-order valence-electron chi connectivity index (χ3n) is 7.20. The maximum atomic E-state index is 12.3. The number of unbranched alkanes of at least 4 members (excludes halogenated alkanes) is 1. The Morgan fingerprint density at radius 1 is 0.911 bits per heavy atom. The number of carbonyl (C=O) groups is 2. The normalized spacial score (nSPS) is 18.0. The number of aromatic nitrogens is 4. The van der Waals surface area contributed by atoms with Crippen molar-refractivity contribution in [1.82, 2.24) is 25.7 Å². The molecule has 3 aromatic carbocycles. The van der Waals surface area contributed by atoms with Gasteiger partial charge in [-0.3, -0.25) is 14.8 Å². The number of hydrogen-bond acceptors (Lipinski definition) is 11. The molecule has 0 bridgehead atoms. The zero-order valence-corrected chi connectivity index (χ0v) is 25.1. The molecule has 1 aliphatic heterocycles. The van der Waals surface area contributed by atoms with Gasteiger partial charge in [-0.2, -0.15) is 4.68 Å². The smallest absolute Gasteiger partial charge is 0.243 e. The van der Waals surface area contributed by atoms with Crippen LogP contribution < -0.4 is 10.8 Å². The van der Waals surface area contributed by atoms with Crippen LogP contribution in [0.5, 0.6) is 5.75 Å². The lowest BCUT2D eigenvalue weighted by molar-refractivity contribution is -0.245. The number of benzene rings is 3. The Morgan fingerprint density at radius 2 is 1.60 bits per heavy atom. The van der Waals surface area contributed by atoms with Crippen LogP contribution in [0.3, 0.4) is 0 Å². The van der Waals surface area contributed by atoms with Gasteiger partial charge in [-0.15, -0.1) is 5.10 Å². The van der Waals surface area contributed by atoms with Crippen LogP contribution in [-0.4, -0.2) is 59.3 Å². The molecule has 0 saturated carbocycles. The zero-order valence-electron chi connectivity index (χ0n) is 24.3. The minimum Gasteiger partial charge on any atom is -0.508 e. The number of amides is 2. The SMILES string of the molecule is O=C(CCCCC(=O)Nc1ccc(C2OC(CSc3nnnn3-c3ccc(O)cc3)CC(c3ccc(CO)cc3)O2)cc1)NO. The molecule has 1 fully saturated rings. The van der Waals surface area contributed by atoms with Crippen molar-refractivity contribution in [2.45, 2.75) is 62.4 Å². The van der Waals surface area contributed by atoms with Gasteiger partial charge in [0.2, 0.25) is 17.0 Å². The predicted octanol–water partition coefficient (Wildman–Crippen LogP) is 4.20. The van der Waals surface area contributed by atoms with Crippen LogP contribution in [0.25, 0.3) is 5.69 Å². The molecular formula is C31H34N6O7S. The van der Waals surface area contributed by atoms with Crippen LogP contribution in [0.4, 0.5) is 5.69 Å². The summed E-state index contributed by atoms with van der Waals surface area (Å²) < 4.78 is 14.4. The molecule has 0 radical (unpaired) electrons. The van der Waals surface area contributed by atoms with Gasteiger partial charge in [0.05, 0.1) is 24.5 Å². The van der Waals surface area contributed by atoms with Crippen LogP contribution in [0.15, 0.2) is 78.0 Å². The van der Waals surface area contributed by atoms with E-state index in [0.717, 1.165) is 16.7 Å². The summed E-state index contributed by atoms with van der Waals surface area (Å²) in [6, 6.07) is 21.5. The molecule has 14 heteroatoms. The van der Waals surface area contributed by atoms with E-state index >= 15 is 0 Å². The van der Waals surface area contributed by atoms with E-state index in [2.05, 4.69) is 20.8 Å². The van der Waals surface area contributed by atoms with E-state index < -0.39 is 12.2 Å². The van der Waals surface area contributed by atoms with Crippen molar-refractivity contribution in [2.24, 2.45) is 0 Å². The molecule has 2 heterocycles. The van der Waals surface area contributed by atoms with Gasteiger partial charge in [0, 0.05) is 36.3 Å². The summed E-state index contributed by atoms with van der Waals surface area (Å²) in [6.07, 6.45) is 0.810. The maximum absolute atomic E-state index is 12.3. The topological polar surface area (TPSA) is 181 Å². The number of carbonyl (C=O) groups excluding carboxylic acids is 2. The van der Waals surface area contributed by atoms with Crippen LogP contribution in [0, 0.1) is 0 Å². The predicted molar refractivity (Wildman–Crippen MR) is 163 cm³/mol. The van der Waals surface area contributed by atoms with E-state index in [1.807, 2.05) is 36.4 Å². The second kappa shape index (κ2) is 15.6. The fraction of sp³-hybridized carbons (Fsp3) is 0.323. The molecule has 4 aromatic rings. The summed E-state index contributed by atoms with van der Waals surface area (Å²) in [4.78, 5) is 23.5. The molecule has 1 aliphatic rings. The summed E-state index contributed by atoms with van der Waals surface area (Å²) in [6.45, 7) is -0.0453. The van der Waals surface area contributed by atoms with Crippen molar-refractivity contribution in [3.05, 3.63) is 89.5 Å². The molecule has 0 aliphatic carbocycles. The van der Waals surface area contributed by atoms with Crippen LogP contribution >= 0.6 is 11.8 Å². The number of tetrazole rings is 1. The van der Waals surface area contributed by atoms with Gasteiger partial charge in [0.15, 0.2) is 6.29 Å². The highest BCUT2D eigenvalue weighted by atomic mass is 32.2. The van der Waals surface area contributed by atoms with Gasteiger partial charge in [-0.1, -0.05) is 48.2 Å². The number of rotatable bonds is 13. The Bertz CT molecular complexity index is 1550. The highest BCUT2D eigenvalue weighted by molar-refractivity contribution is 7.99. The summed E-state index contributed by atoms with van der Waals surface area (Å²) >= 11 is 1.45. The Labute approximate surface area is 263 Å². The lowest BCUT2D eigenvalue weighted by Crippen LogP contribution is -2.31. The Morgan fingerprint density at radius 3 is 2.29 bits per heavy atom. The fourth-order valence-electron chi connectivity index (χ4n) is 4.79. The minimum absolute atomic E-state index is 0.0453. The molecule has 5 rings (SSSR count). The Kier molecular flexibility index (Phi) is 11.1. The first kappa shape index (κ1) is 32.1. The van der Waals surface area contributed by atoms with E-state index in [1.54, 1.807) is 46.6 Å². The number of thioether (sulfide) groups is 1. The molecule has 2 amide bonds. The lowest BCUT2D eigenvalue weighted by Gasteiger charge is -2.36. The number of phenols is 1. The van der Waals surface area contributed by atoms with Gasteiger partial charge < -0.3 is 25.0 Å². The number of phenolic OH excluding ortho intramolecular Hbond substituents is 1. The number of hydroxylamine groups is 1. The summed E-state index contributed by atoms with van der Waals surface area (Å²) in [5.41, 5.74) is 5.47. The highest BCUT2D eigenvalue weighted by Crippen LogP contribution is 2.39. The average Bonchev–Trinajstić information content (AvgIpc) is 3.55. The van der Waals surface area contributed by atoms with Crippen molar-refractivity contribution in [2.75, 3.05) is 11.1 Å². The summed E-state index contributed by atoms with van der Waals surface area (Å²) in [5, 5.41) is 43.2. The maximum Gasteiger partial charge on any atom is 0.243 e. The molecule has 236 valence electrons. The van der Waals surface area contributed by atoms with Crippen LogP contribution in [0.2, 0.25) is 0 Å². The number of aliphatic hydroxyl groups excluding tert-OH is 1. The van der Waals surface area contributed by atoms with E-state index in [1.165, 1.54) is 11.8 Å². The van der Waals surface area contributed by atoms with Crippen LogP contribution in [-0.2, 0) is 25.7 Å². The van der Waals surface area contributed by atoms with Gasteiger partial charge in [-0.05, 0) is 70.8 Å². The molecule has 13 nitrogen and oxygen atoms in total. The summed E-state index contributed by atoms with van der Waals surface area (Å²) in [7, 11) is 0.